The monoisotopic (exact) mass is 470 g/mol. The van der Waals surface area contributed by atoms with Crippen LogP contribution in [0, 0.1) is 0 Å². The van der Waals surface area contributed by atoms with Crippen LogP contribution >= 0.6 is 35.0 Å². The van der Waals surface area contributed by atoms with Gasteiger partial charge in [-0.15, -0.1) is 0 Å². The van der Waals surface area contributed by atoms with E-state index in [9.17, 15) is 0 Å². The van der Waals surface area contributed by atoms with E-state index in [1.807, 2.05) is 54.6 Å². The van der Waals surface area contributed by atoms with Gasteiger partial charge in [-0.05, 0) is 43.2 Å². The Labute approximate surface area is 197 Å². The van der Waals surface area contributed by atoms with E-state index in [2.05, 4.69) is 17.5 Å². The number of hydrogen-bond donors (Lipinski definition) is 1. The molecule has 0 bridgehead atoms. The van der Waals surface area contributed by atoms with Crippen molar-refractivity contribution >= 4 is 40.8 Å². The van der Waals surface area contributed by atoms with Gasteiger partial charge in [0.2, 0.25) is 0 Å². The Kier molecular flexibility index (Phi) is 7.13. The zero-order valence-corrected chi connectivity index (χ0v) is 19.0. The standard InChI is InChI=1S/C24H21Cl3N4/c25-19-10-6-17(7-11-19)23-24(18-8-12-20(26)13-9-18)30-22(16-29-23)28-14-15-31(27)21-4-2-1-3-5-21/h1-2,4,6-13,16H,3,5,14-15H2,(H,28,30). The Bertz CT molecular complexity index is 1090. The van der Waals surface area contributed by atoms with Crippen molar-refractivity contribution in [3.63, 3.8) is 0 Å². The first-order valence-corrected chi connectivity index (χ1v) is 11.1. The normalized spacial score (nSPS) is 13.1. The molecule has 0 spiro atoms. The fourth-order valence-corrected chi connectivity index (χ4v) is 3.80. The minimum atomic E-state index is 0.638. The summed E-state index contributed by atoms with van der Waals surface area (Å²) in [5.41, 5.74) is 4.55. The average molecular weight is 472 g/mol. The highest BCUT2D eigenvalue weighted by Crippen LogP contribution is 2.31. The van der Waals surface area contributed by atoms with E-state index < -0.39 is 0 Å². The maximum absolute atomic E-state index is 6.42. The van der Waals surface area contributed by atoms with Crippen molar-refractivity contribution in [1.29, 1.82) is 0 Å². The van der Waals surface area contributed by atoms with Gasteiger partial charge in [0.15, 0.2) is 0 Å². The smallest absolute Gasteiger partial charge is 0.145 e. The maximum atomic E-state index is 6.42. The lowest BCUT2D eigenvalue weighted by atomic mass is 10.0. The van der Waals surface area contributed by atoms with Crippen molar-refractivity contribution in [3.8, 4) is 22.5 Å². The number of nitrogens with one attached hydrogen (secondary N) is 1. The van der Waals surface area contributed by atoms with Crippen LogP contribution in [0.25, 0.3) is 22.5 Å². The van der Waals surface area contributed by atoms with Gasteiger partial charge in [-0.25, -0.2) is 4.98 Å². The van der Waals surface area contributed by atoms with Crippen molar-refractivity contribution in [3.05, 3.63) is 88.7 Å². The molecule has 158 valence electrons. The van der Waals surface area contributed by atoms with Crippen molar-refractivity contribution < 1.29 is 0 Å². The maximum Gasteiger partial charge on any atom is 0.145 e. The number of nitrogens with zero attached hydrogens (tertiary/aromatic N) is 3. The van der Waals surface area contributed by atoms with Crippen LogP contribution in [0.1, 0.15) is 12.8 Å². The molecular formula is C24H21Cl3N4. The molecule has 4 nitrogen and oxygen atoms in total. The summed E-state index contributed by atoms with van der Waals surface area (Å²) >= 11 is 18.5. The topological polar surface area (TPSA) is 41.1 Å². The first kappa shape index (κ1) is 21.7. The second-order valence-corrected chi connectivity index (χ2v) is 8.38. The minimum Gasteiger partial charge on any atom is -0.367 e. The zero-order valence-electron chi connectivity index (χ0n) is 16.7. The van der Waals surface area contributed by atoms with Gasteiger partial charge < -0.3 is 5.32 Å². The lowest BCUT2D eigenvalue weighted by Crippen LogP contribution is -2.21. The number of hydrogen-bond acceptors (Lipinski definition) is 4. The minimum absolute atomic E-state index is 0.638. The SMILES string of the molecule is Clc1ccc(-c2ncc(NCCN(Cl)C3=CC=CCC3)nc2-c2ccc(Cl)cc2)cc1. The van der Waals surface area contributed by atoms with Crippen LogP contribution in [0.3, 0.4) is 0 Å². The first-order chi connectivity index (χ1) is 15.1. The molecule has 1 aliphatic rings. The van der Waals surface area contributed by atoms with E-state index in [1.165, 1.54) is 0 Å². The van der Waals surface area contributed by atoms with Gasteiger partial charge in [0, 0.05) is 45.2 Å². The van der Waals surface area contributed by atoms with Crippen molar-refractivity contribution in [2.75, 3.05) is 18.4 Å². The number of benzene rings is 2. The van der Waals surface area contributed by atoms with Crippen LogP contribution in [0.2, 0.25) is 10.0 Å². The van der Waals surface area contributed by atoms with Gasteiger partial charge in [-0.2, -0.15) is 0 Å². The molecule has 0 amide bonds. The summed E-state index contributed by atoms with van der Waals surface area (Å²) in [4.78, 5) is 9.54. The van der Waals surface area contributed by atoms with Crippen molar-refractivity contribution in [2.45, 2.75) is 12.8 Å². The average Bonchev–Trinajstić information content (AvgIpc) is 2.81. The Morgan fingerprint density at radius 2 is 1.55 bits per heavy atom. The highest BCUT2D eigenvalue weighted by atomic mass is 35.5. The van der Waals surface area contributed by atoms with E-state index in [0.29, 0.717) is 29.0 Å². The van der Waals surface area contributed by atoms with E-state index >= 15 is 0 Å². The Balaban J connectivity index is 1.56. The molecule has 1 heterocycles. The predicted octanol–water partition coefficient (Wildman–Crippen LogP) is 7.22. The van der Waals surface area contributed by atoms with Gasteiger partial charge in [0.05, 0.1) is 24.1 Å². The highest BCUT2D eigenvalue weighted by Gasteiger charge is 2.13. The molecule has 7 heteroatoms. The summed E-state index contributed by atoms with van der Waals surface area (Å²) in [6.07, 6.45) is 9.95. The molecule has 31 heavy (non-hydrogen) atoms. The molecule has 0 saturated carbocycles. The first-order valence-electron chi connectivity index (χ1n) is 10.0. The van der Waals surface area contributed by atoms with Gasteiger partial charge in [-0.1, -0.05) is 59.6 Å². The van der Waals surface area contributed by atoms with Gasteiger partial charge in [0.25, 0.3) is 0 Å². The molecule has 1 aromatic heterocycles. The molecule has 3 aromatic rings. The third kappa shape index (κ3) is 5.59. The molecule has 0 radical (unpaired) electrons. The molecule has 1 aliphatic carbocycles. The Morgan fingerprint density at radius 3 is 2.16 bits per heavy atom. The Hall–Kier alpha value is -2.53. The predicted molar refractivity (Wildman–Crippen MR) is 130 cm³/mol. The highest BCUT2D eigenvalue weighted by molar-refractivity contribution is 6.31. The van der Waals surface area contributed by atoms with E-state index in [-0.39, 0.29) is 0 Å². The van der Waals surface area contributed by atoms with Gasteiger partial charge in [0.1, 0.15) is 5.82 Å². The molecule has 0 fully saturated rings. The second-order valence-electron chi connectivity index (χ2n) is 7.10. The number of allylic oxidation sites excluding steroid dienone is 4. The largest absolute Gasteiger partial charge is 0.367 e. The van der Waals surface area contributed by atoms with Crippen molar-refractivity contribution in [1.82, 2.24) is 14.4 Å². The lowest BCUT2D eigenvalue weighted by molar-refractivity contribution is 0.543. The molecule has 4 rings (SSSR count). The molecule has 0 saturated heterocycles. The summed E-state index contributed by atoms with van der Waals surface area (Å²) in [7, 11) is 0. The second kappa shape index (κ2) is 10.2. The van der Waals surface area contributed by atoms with Crippen LogP contribution in [0.15, 0.2) is 78.7 Å². The van der Waals surface area contributed by atoms with Crippen molar-refractivity contribution in [2.24, 2.45) is 0 Å². The molecular weight excluding hydrogens is 451 g/mol. The fourth-order valence-electron chi connectivity index (χ4n) is 3.32. The van der Waals surface area contributed by atoms with Gasteiger partial charge >= 0.3 is 0 Å². The summed E-state index contributed by atoms with van der Waals surface area (Å²) in [6.45, 7) is 1.29. The van der Waals surface area contributed by atoms with E-state index in [4.69, 9.17) is 44.9 Å². The quantitative estimate of drug-likeness (QED) is 0.369. The van der Waals surface area contributed by atoms with Gasteiger partial charge in [-0.3, -0.25) is 9.40 Å². The molecule has 1 N–H and O–H groups in total. The molecule has 2 aromatic carbocycles. The third-order valence-corrected chi connectivity index (χ3v) is 5.82. The fraction of sp³-hybridized carbons (Fsp3) is 0.167. The summed E-state index contributed by atoms with van der Waals surface area (Å²) in [6, 6.07) is 15.2. The molecule has 0 atom stereocenters. The summed E-state index contributed by atoms with van der Waals surface area (Å²) < 4.78 is 1.76. The van der Waals surface area contributed by atoms with E-state index in [1.54, 1.807) is 10.6 Å². The number of aromatic nitrogens is 2. The van der Waals surface area contributed by atoms with Crippen LogP contribution in [-0.2, 0) is 0 Å². The third-order valence-electron chi connectivity index (χ3n) is 4.93. The molecule has 0 unspecified atom stereocenters. The summed E-state index contributed by atoms with van der Waals surface area (Å²) in [5, 5.41) is 4.68. The van der Waals surface area contributed by atoms with E-state index in [0.717, 1.165) is 41.1 Å². The lowest BCUT2D eigenvalue weighted by Gasteiger charge is -2.21. The summed E-state index contributed by atoms with van der Waals surface area (Å²) in [5.74, 6) is 0.685. The Morgan fingerprint density at radius 1 is 0.903 bits per heavy atom. The molecule has 0 aliphatic heterocycles. The number of rotatable bonds is 7. The zero-order chi connectivity index (χ0) is 21.6. The van der Waals surface area contributed by atoms with Crippen LogP contribution in [0.5, 0.6) is 0 Å². The van der Waals surface area contributed by atoms with Crippen LogP contribution in [0.4, 0.5) is 5.82 Å². The number of halogens is 3. The van der Waals surface area contributed by atoms with Crippen LogP contribution in [-0.4, -0.2) is 27.5 Å². The van der Waals surface area contributed by atoms with Crippen LogP contribution < -0.4 is 5.32 Å². The number of anilines is 1.